The second kappa shape index (κ2) is 10.0. The third-order valence-corrected chi connectivity index (χ3v) is 3.93. The number of anilines is 1. The lowest BCUT2D eigenvalue weighted by Gasteiger charge is -2.25. The Morgan fingerprint density at radius 1 is 1.08 bits per heavy atom. The molecule has 0 bridgehead atoms. The van der Waals surface area contributed by atoms with E-state index >= 15 is 0 Å². The minimum atomic E-state index is -0.422. The first-order chi connectivity index (χ1) is 12.1. The lowest BCUT2D eigenvalue weighted by molar-refractivity contribution is -0.145. The lowest BCUT2D eigenvalue weighted by atomic mass is 10.2. The molecule has 0 amide bonds. The molecule has 0 unspecified atom stereocenters. The predicted molar refractivity (Wildman–Crippen MR) is 93.9 cm³/mol. The van der Waals surface area contributed by atoms with Crippen LogP contribution in [0.3, 0.4) is 0 Å². The quantitative estimate of drug-likeness (QED) is 0.515. The summed E-state index contributed by atoms with van der Waals surface area (Å²) in [6.07, 6.45) is 0.333. The third kappa shape index (κ3) is 6.72. The van der Waals surface area contributed by atoms with Gasteiger partial charge >= 0.3 is 11.9 Å². The van der Waals surface area contributed by atoms with Gasteiger partial charge in [-0.2, -0.15) is 0 Å². The molecule has 1 fully saturated rings. The number of nitrogens with zero attached hydrogens (tertiary/aromatic N) is 2. The van der Waals surface area contributed by atoms with Crippen molar-refractivity contribution in [3.8, 4) is 0 Å². The minimum Gasteiger partial charge on any atom is -0.462 e. The number of carbonyl (C=O) groups excluding carboxylic acids is 2. The van der Waals surface area contributed by atoms with Crippen molar-refractivity contribution in [3.63, 3.8) is 0 Å². The van der Waals surface area contributed by atoms with Crippen molar-refractivity contribution in [3.05, 3.63) is 29.8 Å². The highest BCUT2D eigenvalue weighted by atomic mass is 16.6. The van der Waals surface area contributed by atoms with Crippen LogP contribution in [-0.4, -0.2) is 77.0 Å². The van der Waals surface area contributed by atoms with Gasteiger partial charge in [0.25, 0.3) is 0 Å². The number of morpholine rings is 1. The molecule has 1 heterocycles. The maximum absolute atomic E-state index is 11.9. The van der Waals surface area contributed by atoms with Crippen molar-refractivity contribution in [2.75, 3.05) is 65.1 Å². The van der Waals surface area contributed by atoms with Crippen LogP contribution in [-0.2, 0) is 19.0 Å². The van der Waals surface area contributed by atoms with E-state index in [1.54, 1.807) is 12.1 Å². The van der Waals surface area contributed by atoms with E-state index in [0.717, 1.165) is 18.8 Å². The normalized spacial score (nSPS) is 14.8. The molecule has 7 nitrogen and oxygen atoms in total. The fourth-order valence-corrected chi connectivity index (χ4v) is 2.42. The monoisotopic (exact) mass is 350 g/mol. The van der Waals surface area contributed by atoms with Crippen molar-refractivity contribution in [2.45, 2.75) is 6.42 Å². The van der Waals surface area contributed by atoms with E-state index in [1.807, 2.05) is 31.1 Å². The Morgan fingerprint density at radius 2 is 1.72 bits per heavy atom. The van der Waals surface area contributed by atoms with E-state index < -0.39 is 5.97 Å². The van der Waals surface area contributed by atoms with Gasteiger partial charge in [0, 0.05) is 39.4 Å². The Labute approximate surface area is 148 Å². The Kier molecular flexibility index (Phi) is 7.69. The smallest absolute Gasteiger partial charge is 0.338 e. The second-order valence-corrected chi connectivity index (χ2v) is 6.00. The average molecular weight is 350 g/mol. The highest BCUT2D eigenvalue weighted by Gasteiger charge is 2.13. The largest absolute Gasteiger partial charge is 0.462 e. The van der Waals surface area contributed by atoms with Crippen LogP contribution in [0.15, 0.2) is 24.3 Å². The average Bonchev–Trinajstić information content (AvgIpc) is 2.64. The molecule has 0 atom stereocenters. The van der Waals surface area contributed by atoms with Crippen LogP contribution in [0, 0.1) is 0 Å². The van der Waals surface area contributed by atoms with Crippen LogP contribution < -0.4 is 4.90 Å². The molecule has 25 heavy (non-hydrogen) atoms. The molecule has 0 saturated carbocycles. The SMILES string of the molecule is CN(C)c1ccc(C(=O)OCCOC(=O)CCN2CCOCC2)cc1. The van der Waals surface area contributed by atoms with Gasteiger partial charge in [-0.05, 0) is 24.3 Å². The second-order valence-electron chi connectivity index (χ2n) is 6.00. The van der Waals surface area contributed by atoms with E-state index in [2.05, 4.69) is 4.90 Å². The van der Waals surface area contributed by atoms with Gasteiger partial charge in [0.2, 0.25) is 0 Å². The zero-order chi connectivity index (χ0) is 18.1. The number of esters is 2. The van der Waals surface area contributed by atoms with Crippen molar-refractivity contribution in [1.29, 1.82) is 0 Å². The summed E-state index contributed by atoms with van der Waals surface area (Å²) >= 11 is 0. The summed E-state index contributed by atoms with van der Waals surface area (Å²) in [4.78, 5) is 27.7. The first-order valence-electron chi connectivity index (χ1n) is 8.46. The van der Waals surface area contributed by atoms with E-state index in [4.69, 9.17) is 14.2 Å². The Bertz CT molecular complexity index is 553. The van der Waals surface area contributed by atoms with E-state index in [9.17, 15) is 9.59 Å². The zero-order valence-electron chi connectivity index (χ0n) is 14.9. The molecular formula is C18H26N2O5. The van der Waals surface area contributed by atoms with Crippen LogP contribution in [0.1, 0.15) is 16.8 Å². The molecule has 0 aromatic heterocycles. The molecule has 1 aromatic rings. The van der Waals surface area contributed by atoms with Gasteiger partial charge in [0.1, 0.15) is 13.2 Å². The molecule has 1 aliphatic heterocycles. The van der Waals surface area contributed by atoms with Crippen LogP contribution >= 0.6 is 0 Å². The van der Waals surface area contributed by atoms with Gasteiger partial charge in [-0.25, -0.2) is 4.79 Å². The molecule has 0 N–H and O–H groups in total. The molecule has 1 saturated heterocycles. The number of rotatable bonds is 8. The Balaban J connectivity index is 1.59. The minimum absolute atomic E-state index is 0.0531. The molecule has 0 spiro atoms. The van der Waals surface area contributed by atoms with Gasteiger partial charge in [0.15, 0.2) is 0 Å². The first-order valence-corrected chi connectivity index (χ1v) is 8.46. The number of ether oxygens (including phenoxy) is 3. The Hall–Kier alpha value is -2.12. The summed E-state index contributed by atoms with van der Waals surface area (Å²) in [6, 6.07) is 7.13. The standard InChI is InChI=1S/C18H26N2O5/c1-19(2)16-5-3-15(4-6-16)18(22)25-14-13-24-17(21)7-8-20-9-11-23-12-10-20/h3-6H,7-14H2,1-2H3. The lowest BCUT2D eigenvalue weighted by Crippen LogP contribution is -2.37. The van der Waals surface area contributed by atoms with Gasteiger partial charge < -0.3 is 19.1 Å². The summed E-state index contributed by atoms with van der Waals surface area (Å²) in [5, 5.41) is 0. The molecule has 7 heteroatoms. The van der Waals surface area contributed by atoms with Crippen LogP contribution in [0.4, 0.5) is 5.69 Å². The van der Waals surface area contributed by atoms with Gasteiger partial charge in [-0.1, -0.05) is 0 Å². The predicted octanol–water partition coefficient (Wildman–Crippen LogP) is 1.17. The van der Waals surface area contributed by atoms with Crippen molar-refractivity contribution < 1.29 is 23.8 Å². The molecular weight excluding hydrogens is 324 g/mol. The number of hydrogen-bond acceptors (Lipinski definition) is 7. The van der Waals surface area contributed by atoms with Gasteiger partial charge in [-0.3, -0.25) is 9.69 Å². The van der Waals surface area contributed by atoms with Gasteiger partial charge in [0.05, 0.1) is 25.2 Å². The molecule has 0 aliphatic carbocycles. The Morgan fingerprint density at radius 3 is 2.36 bits per heavy atom. The summed E-state index contributed by atoms with van der Waals surface area (Å²) in [5.74, 6) is -0.701. The maximum Gasteiger partial charge on any atom is 0.338 e. The zero-order valence-corrected chi connectivity index (χ0v) is 14.9. The molecule has 138 valence electrons. The summed E-state index contributed by atoms with van der Waals surface area (Å²) in [7, 11) is 3.86. The molecule has 2 rings (SSSR count). The topological polar surface area (TPSA) is 68.3 Å². The number of hydrogen-bond donors (Lipinski definition) is 0. The highest BCUT2D eigenvalue weighted by molar-refractivity contribution is 5.89. The van der Waals surface area contributed by atoms with Crippen molar-refractivity contribution in [2.24, 2.45) is 0 Å². The highest BCUT2D eigenvalue weighted by Crippen LogP contribution is 2.12. The number of benzene rings is 1. The maximum atomic E-state index is 11.9. The van der Waals surface area contributed by atoms with E-state index in [1.165, 1.54) is 0 Å². The fraction of sp³-hybridized carbons (Fsp3) is 0.556. The summed E-state index contributed by atoms with van der Waals surface area (Å²) in [6.45, 7) is 3.90. The third-order valence-electron chi connectivity index (χ3n) is 3.93. The summed E-state index contributed by atoms with van der Waals surface area (Å²) in [5.41, 5.74) is 1.48. The molecule has 1 aliphatic rings. The first kappa shape index (κ1) is 19.2. The fourth-order valence-electron chi connectivity index (χ4n) is 2.42. The molecule has 0 radical (unpaired) electrons. The van der Waals surface area contributed by atoms with E-state index in [-0.39, 0.29) is 19.2 Å². The van der Waals surface area contributed by atoms with Crippen molar-refractivity contribution in [1.82, 2.24) is 4.90 Å². The van der Waals surface area contributed by atoms with Crippen LogP contribution in [0.5, 0.6) is 0 Å². The van der Waals surface area contributed by atoms with Crippen LogP contribution in [0.2, 0.25) is 0 Å². The van der Waals surface area contributed by atoms with Gasteiger partial charge in [-0.15, -0.1) is 0 Å². The van der Waals surface area contributed by atoms with Crippen molar-refractivity contribution >= 4 is 17.6 Å². The summed E-state index contributed by atoms with van der Waals surface area (Å²) < 4.78 is 15.5. The number of carbonyl (C=O) groups is 2. The molecule has 1 aromatic carbocycles. The van der Waals surface area contributed by atoms with Crippen LogP contribution in [0.25, 0.3) is 0 Å². The van der Waals surface area contributed by atoms with E-state index in [0.29, 0.717) is 31.7 Å².